The molecule has 0 radical (unpaired) electrons. The van der Waals surface area contributed by atoms with Crippen LogP contribution in [0.5, 0.6) is 11.6 Å². The molecule has 2 heterocycles. The number of benzene rings is 1. The van der Waals surface area contributed by atoms with Crippen LogP contribution < -0.4 is 4.74 Å². The zero-order valence-corrected chi connectivity index (χ0v) is 10.4. The third-order valence-corrected chi connectivity index (χ3v) is 2.61. The molecule has 94 valence electrons. The molecule has 0 aliphatic carbocycles. The molecule has 0 amide bonds. The van der Waals surface area contributed by atoms with Crippen molar-refractivity contribution < 1.29 is 4.74 Å². The smallest absolute Gasteiger partial charge is 0.238 e. The largest absolute Gasteiger partial charge is 0.438 e. The number of hydrogen-bond acceptors (Lipinski definition) is 4. The molecule has 0 bridgehead atoms. The fraction of sp³-hybridized carbons (Fsp3) is 0.0714. The van der Waals surface area contributed by atoms with Gasteiger partial charge in [-0.15, -0.1) is 10.2 Å². The summed E-state index contributed by atoms with van der Waals surface area (Å²) in [5, 5.41) is 12.2. The fourth-order valence-corrected chi connectivity index (χ4v) is 1.62. The topological polar surface area (TPSA) is 52.8 Å². The molecule has 0 aliphatic rings. The summed E-state index contributed by atoms with van der Waals surface area (Å²) in [5.41, 5.74) is 1.19. The predicted octanol–water partition coefficient (Wildman–Crippen LogP) is 2.76. The van der Waals surface area contributed by atoms with Crippen molar-refractivity contribution in [2.75, 3.05) is 0 Å². The minimum atomic E-state index is 0.458. The minimum absolute atomic E-state index is 0.458. The Morgan fingerprint density at radius 2 is 1.84 bits per heavy atom. The van der Waals surface area contributed by atoms with E-state index in [2.05, 4.69) is 15.3 Å². The van der Waals surface area contributed by atoms with E-state index in [1.807, 2.05) is 49.5 Å². The van der Waals surface area contributed by atoms with Crippen molar-refractivity contribution in [1.29, 1.82) is 0 Å². The second-order valence-corrected chi connectivity index (χ2v) is 4.10. The molecule has 0 unspecified atom stereocenters. The molecule has 19 heavy (non-hydrogen) atoms. The monoisotopic (exact) mass is 252 g/mol. The lowest BCUT2D eigenvalue weighted by Crippen LogP contribution is -2.00. The van der Waals surface area contributed by atoms with Gasteiger partial charge in [-0.25, -0.2) is 4.68 Å². The highest BCUT2D eigenvalue weighted by molar-refractivity contribution is 5.30. The van der Waals surface area contributed by atoms with Crippen LogP contribution in [0.3, 0.4) is 0 Å². The summed E-state index contributed by atoms with van der Waals surface area (Å²) >= 11 is 0. The molecular formula is C14H12N4O. The molecule has 5 heteroatoms. The second-order valence-electron chi connectivity index (χ2n) is 4.10. The van der Waals surface area contributed by atoms with Crippen LogP contribution in [0, 0.1) is 6.92 Å². The van der Waals surface area contributed by atoms with Crippen LogP contribution >= 0.6 is 0 Å². The van der Waals surface area contributed by atoms with E-state index >= 15 is 0 Å². The number of rotatable bonds is 3. The summed E-state index contributed by atoms with van der Waals surface area (Å²) in [6, 6.07) is 13.2. The molecule has 3 rings (SSSR count). The van der Waals surface area contributed by atoms with E-state index in [4.69, 9.17) is 4.74 Å². The summed E-state index contributed by atoms with van der Waals surface area (Å²) in [6.07, 6.45) is 3.50. The van der Waals surface area contributed by atoms with Crippen molar-refractivity contribution in [3.05, 3.63) is 60.4 Å². The van der Waals surface area contributed by atoms with Gasteiger partial charge in [0.05, 0.1) is 0 Å². The normalized spacial score (nSPS) is 10.4. The summed E-state index contributed by atoms with van der Waals surface area (Å²) < 4.78 is 7.24. The van der Waals surface area contributed by atoms with Crippen LogP contribution in [0.1, 0.15) is 5.56 Å². The molecule has 2 aromatic heterocycles. The van der Waals surface area contributed by atoms with Crippen molar-refractivity contribution >= 4 is 0 Å². The standard InChI is InChI=1S/C14H12N4O/c1-11-3-5-12(6-4-11)19-14-8-7-13(16-17-14)18-10-2-9-15-18/h2-10H,1H3. The van der Waals surface area contributed by atoms with Crippen molar-refractivity contribution in [1.82, 2.24) is 20.0 Å². The number of aromatic nitrogens is 4. The van der Waals surface area contributed by atoms with Crippen LogP contribution in [0.4, 0.5) is 0 Å². The van der Waals surface area contributed by atoms with Gasteiger partial charge in [0.1, 0.15) is 5.75 Å². The number of nitrogens with zero attached hydrogens (tertiary/aromatic N) is 4. The molecule has 5 nitrogen and oxygen atoms in total. The van der Waals surface area contributed by atoms with E-state index in [0.29, 0.717) is 11.7 Å². The SMILES string of the molecule is Cc1ccc(Oc2ccc(-n3cccn3)nn2)cc1. The molecule has 0 spiro atoms. The summed E-state index contributed by atoms with van der Waals surface area (Å²) in [7, 11) is 0. The highest BCUT2D eigenvalue weighted by Crippen LogP contribution is 2.19. The van der Waals surface area contributed by atoms with E-state index < -0.39 is 0 Å². The molecule has 0 saturated carbocycles. The molecule has 0 fully saturated rings. The first-order chi connectivity index (χ1) is 9.31. The second kappa shape index (κ2) is 4.89. The lowest BCUT2D eigenvalue weighted by Gasteiger charge is -2.05. The number of ether oxygens (including phenoxy) is 1. The zero-order chi connectivity index (χ0) is 13.1. The third-order valence-electron chi connectivity index (χ3n) is 2.61. The summed E-state index contributed by atoms with van der Waals surface area (Å²) in [4.78, 5) is 0. The third kappa shape index (κ3) is 2.60. The molecule has 0 N–H and O–H groups in total. The van der Waals surface area contributed by atoms with Gasteiger partial charge in [0, 0.05) is 18.5 Å². The average Bonchev–Trinajstić information content (AvgIpc) is 2.96. The van der Waals surface area contributed by atoms with E-state index in [9.17, 15) is 0 Å². The van der Waals surface area contributed by atoms with Crippen LogP contribution in [-0.4, -0.2) is 20.0 Å². The Hall–Kier alpha value is -2.69. The molecular weight excluding hydrogens is 240 g/mol. The van der Waals surface area contributed by atoms with Gasteiger partial charge in [-0.05, 0) is 31.2 Å². The van der Waals surface area contributed by atoms with Gasteiger partial charge in [0.25, 0.3) is 0 Å². The highest BCUT2D eigenvalue weighted by atomic mass is 16.5. The average molecular weight is 252 g/mol. The predicted molar refractivity (Wildman–Crippen MR) is 70.4 cm³/mol. The Kier molecular flexibility index (Phi) is 2.94. The van der Waals surface area contributed by atoms with Crippen LogP contribution in [0.25, 0.3) is 5.82 Å². The molecule has 0 atom stereocenters. The maximum absolute atomic E-state index is 5.60. The first-order valence-corrected chi connectivity index (χ1v) is 5.89. The van der Waals surface area contributed by atoms with Crippen molar-refractivity contribution in [2.24, 2.45) is 0 Å². The van der Waals surface area contributed by atoms with E-state index in [-0.39, 0.29) is 0 Å². The zero-order valence-electron chi connectivity index (χ0n) is 10.4. The van der Waals surface area contributed by atoms with Crippen molar-refractivity contribution in [2.45, 2.75) is 6.92 Å². The maximum atomic E-state index is 5.60. The molecule has 1 aromatic carbocycles. The van der Waals surface area contributed by atoms with Gasteiger partial charge >= 0.3 is 0 Å². The van der Waals surface area contributed by atoms with E-state index in [1.54, 1.807) is 16.9 Å². The number of aryl methyl sites for hydroxylation is 1. The Balaban J connectivity index is 1.77. The first kappa shape index (κ1) is 11.4. The lowest BCUT2D eigenvalue weighted by molar-refractivity contribution is 0.454. The molecule has 3 aromatic rings. The Morgan fingerprint density at radius 1 is 1.00 bits per heavy atom. The fourth-order valence-electron chi connectivity index (χ4n) is 1.62. The van der Waals surface area contributed by atoms with E-state index in [0.717, 1.165) is 5.75 Å². The van der Waals surface area contributed by atoms with Crippen LogP contribution in [0.15, 0.2) is 54.9 Å². The van der Waals surface area contributed by atoms with Gasteiger partial charge in [0.15, 0.2) is 5.82 Å². The van der Waals surface area contributed by atoms with Gasteiger partial charge in [-0.3, -0.25) is 0 Å². The highest BCUT2D eigenvalue weighted by Gasteiger charge is 2.02. The Labute approximate surface area is 110 Å². The molecule has 0 saturated heterocycles. The Bertz CT molecular complexity index is 645. The lowest BCUT2D eigenvalue weighted by atomic mass is 10.2. The minimum Gasteiger partial charge on any atom is -0.438 e. The van der Waals surface area contributed by atoms with Crippen LogP contribution in [0.2, 0.25) is 0 Å². The number of hydrogen-bond donors (Lipinski definition) is 0. The van der Waals surface area contributed by atoms with Gasteiger partial charge in [-0.1, -0.05) is 17.7 Å². The van der Waals surface area contributed by atoms with Crippen LogP contribution in [-0.2, 0) is 0 Å². The van der Waals surface area contributed by atoms with Gasteiger partial charge in [0.2, 0.25) is 5.88 Å². The van der Waals surface area contributed by atoms with Gasteiger partial charge in [-0.2, -0.15) is 5.10 Å². The first-order valence-electron chi connectivity index (χ1n) is 5.89. The van der Waals surface area contributed by atoms with Crippen molar-refractivity contribution in [3.63, 3.8) is 0 Å². The summed E-state index contributed by atoms with van der Waals surface area (Å²) in [6.45, 7) is 2.03. The van der Waals surface area contributed by atoms with Crippen molar-refractivity contribution in [3.8, 4) is 17.4 Å². The Morgan fingerprint density at radius 3 is 2.47 bits per heavy atom. The summed E-state index contributed by atoms with van der Waals surface area (Å²) in [5.74, 6) is 1.85. The van der Waals surface area contributed by atoms with E-state index in [1.165, 1.54) is 5.56 Å². The molecule has 0 aliphatic heterocycles. The van der Waals surface area contributed by atoms with Gasteiger partial charge < -0.3 is 4.74 Å². The maximum Gasteiger partial charge on any atom is 0.238 e. The quantitative estimate of drug-likeness (QED) is 0.719.